The second kappa shape index (κ2) is 6.19. The summed E-state index contributed by atoms with van der Waals surface area (Å²) in [5, 5.41) is 24.4. The first kappa shape index (κ1) is 15.0. The second-order valence-corrected chi connectivity index (χ2v) is 4.38. The number of carboxylic acid groups (broad SMARTS) is 1. The summed E-state index contributed by atoms with van der Waals surface area (Å²) in [6, 6.07) is -1.90. The number of aromatic nitrogens is 2. The molecule has 1 heterocycles. The summed E-state index contributed by atoms with van der Waals surface area (Å²) < 4.78 is 1.61. The normalized spacial score (nSPS) is 13.7. The third-order valence-corrected chi connectivity index (χ3v) is 2.55. The van der Waals surface area contributed by atoms with Crippen LogP contribution in [-0.2, 0) is 18.4 Å². The van der Waals surface area contributed by atoms with E-state index in [4.69, 9.17) is 5.11 Å². The molecule has 0 spiro atoms. The summed E-state index contributed by atoms with van der Waals surface area (Å²) in [6.07, 6.45) is 2.20. The van der Waals surface area contributed by atoms with Crippen LogP contribution < -0.4 is 5.32 Å². The van der Waals surface area contributed by atoms with Crippen molar-refractivity contribution in [2.24, 2.45) is 7.05 Å². The van der Waals surface area contributed by atoms with E-state index >= 15 is 0 Å². The lowest BCUT2D eigenvalue weighted by molar-refractivity contribution is -0.141. The van der Waals surface area contributed by atoms with E-state index in [1.165, 1.54) is 18.9 Å². The van der Waals surface area contributed by atoms with Gasteiger partial charge in [0.1, 0.15) is 0 Å². The molecule has 106 valence electrons. The average molecular weight is 270 g/mol. The van der Waals surface area contributed by atoms with Gasteiger partial charge >= 0.3 is 12.0 Å². The fourth-order valence-corrected chi connectivity index (χ4v) is 1.53. The van der Waals surface area contributed by atoms with Crippen LogP contribution in [0.25, 0.3) is 0 Å². The quantitative estimate of drug-likeness (QED) is 0.662. The van der Waals surface area contributed by atoms with E-state index in [2.05, 4.69) is 10.4 Å². The van der Waals surface area contributed by atoms with Gasteiger partial charge in [-0.2, -0.15) is 5.10 Å². The predicted molar refractivity (Wildman–Crippen MR) is 66.3 cm³/mol. The Kier molecular flexibility index (Phi) is 4.87. The van der Waals surface area contributed by atoms with Crippen LogP contribution in [0, 0.1) is 0 Å². The van der Waals surface area contributed by atoms with E-state index in [9.17, 15) is 14.7 Å². The van der Waals surface area contributed by atoms with Gasteiger partial charge in [0.25, 0.3) is 0 Å². The van der Waals surface area contributed by atoms with Crippen LogP contribution in [0.3, 0.4) is 0 Å². The molecule has 2 atom stereocenters. The molecule has 0 bridgehead atoms. The first-order valence-electron chi connectivity index (χ1n) is 5.71. The maximum Gasteiger partial charge on any atom is 0.328 e. The minimum absolute atomic E-state index is 0.297. The first-order chi connectivity index (χ1) is 8.81. The zero-order chi connectivity index (χ0) is 14.6. The monoisotopic (exact) mass is 270 g/mol. The van der Waals surface area contributed by atoms with Gasteiger partial charge in [-0.15, -0.1) is 0 Å². The van der Waals surface area contributed by atoms with Gasteiger partial charge in [-0.1, -0.05) is 0 Å². The Hall–Kier alpha value is -2.09. The molecular formula is C11H18N4O4. The van der Waals surface area contributed by atoms with Crippen molar-refractivity contribution in [3.8, 4) is 0 Å². The van der Waals surface area contributed by atoms with Gasteiger partial charge in [0, 0.05) is 25.9 Å². The number of carbonyl (C=O) groups is 2. The lowest BCUT2D eigenvalue weighted by Crippen LogP contribution is -2.51. The highest BCUT2D eigenvalue weighted by Crippen LogP contribution is 2.02. The molecule has 19 heavy (non-hydrogen) atoms. The van der Waals surface area contributed by atoms with E-state index in [1.54, 1.807) is 24.1 Å². The van der Waals surface area contributed by atoms with Crippen molar-refractivity contribution in [1.82, 2.24) is 20.0 Å². The number of urea groups is 1. The van der Waals surface area contributed by atoms with Gasteiger partial charge in [-0.3, -0.25) is 4.68 Å². The van der Waals surface area contributed by atoms with Crippen LogP contribution in [0.1, 0.15) is 12.5 Å². The van der Waals surface area contributed by atoms with Crippen LogP contribution in [0.5, 0.6) is 0 Å². The Morgan fingerprint density at radius 2 is 2.21 bits per heavy atom. The van der Waals surface area contributed by atoms with Crippen molar-refractivity contribution in [3.05, 3.63) is 18.0 Å². The van der Waals surface area contributed by atoms with Gasteiger partial charge in [0.15, 0.2) is 6.04 Å². The zero-order valence-corrected chi connectivity index (χ0v) is 11.1. The van der Waals surface area contributed by atoms with Crippen LogP contribution >= 0.6 is 0 Å². The van der Waals surface area contributed by atoms with Crippen molar-refractivity contribution in [2.45, 2.75) is 25.6 Å². The van der Waals surface area contributed by atoms with Crippen molar-refractivity contribution < 1.29 is 19.8 Å². The van der Waals surface area contributed by atoms with Crippen molar-refractivity contribution in [2.75, 3.05) is 7.05 Å². The topological polar surface area (TPSA) is 108 Å². The largest absolute Gasteiger partial charge is 0.480 e. The van der Waals surface area contributed by atoms with E-state index in [1.807, 2.05) is 0 Å². The van der Waals surface area contributed by atoms with Crippen LogP contribution in [0.2, 0.25) is 0 Å². The third kappa shape index (κ3) is 4.25. The number of aryl methyl sites for hydroxylation is 1. The van der Waals surface area contributed by atoms with Crippen LogP contribution in [-0.4, -0.2) is 56.1 Å². The third-order valence-electron chi connectivity index (χ3n) is 2.55. The lowest BCUT2D eigenvalue weighted by atomic mass is 10.2. The molecule has 0 aromatic carbocycles. The molecule has 0 radical (unpaired) electrons. The Labute approximate surface area is 110 Å². The lowest BCUT2D eigenvalue weighted by Gasteiger charge is -2.22. The zero-order valence-electron chi connectivity index (χ0n) is 11.1. The molecule has 0 saturated carbocycles. The number of carboxylic acids is 1. The molecule has 0 fully saturated rings. The Morgan fingerprint density at radius 3 is 2.63 bits per heavy atom. The fraction of sp³-hybridized carbons (Fsp3) is 0.545. The summed E-state index contributed by atoms with van der Waals surface area (Å²) in [6.45, 7) is 1.60. The molecule has 0 aliphatic rings. The minimum Gasteiger partial charge on any atom is -0.480 e. The van der Waals surface area contributed by atoms with E-state index in [0.29, 0.717) is 6.54 Å². The summed E-state index contributed by atoms with van der Waals surface area (Å²) in [5.74, 6) is -1.28. The highest BCUT2D eigenvalue weighted by molar-refractivity contribution is 5.82. The molecule has 0 aliphatic carbocycles. The number of nitrogens with zero attached hydrogens (tertiary/aromatic N) is 3. The number of aliphatic hydroxyl groups is 1. The second-order valence-electron chi connectivity index (χ2n) is 4.38. The molecule has 3 N–H and O–H groups in total. The minimum atomic E-state index is -1.33. The molecule has 1 aromatic heterocycles. The standard InChI is InChI=1S/C11H18N4O4/c1-7(16)9(10(17)18)13-11(19)14(2)5-8-4-12-15(3)6-8/h4,6-7,9,16H,5H2,1-3H3,(H,13,19)(H,17,18). The van der Waals surface area contributed by atoms with Crippen molar-refractivity contribution >= 4 is 12.0 Å². The predicted octanol–water partition coefficient (Wildman–Crippen LogP) is -0.605. The molecular weight excluding hydrogens is 252 g/mol. The highest BCUT2D eigenvalue weighted by atomic mass is 16.4. The van der Waals surface area contributed by atoms with Gasteiger partial charge in [0.05, 0.1) is 18.8 Å². The number of amides is 2. The van der Waals surface area contributed by atoms with Crippen molar-refractivity contribution in [3.63, 3.8) is 0 Å². The fourth-order valence-electron chi connectivity index (χ4n) is 1.53. The molecule has 1 rings (SSSR count). The number of hydrogen-bond acceptors (Lipinski definition) is 4. The molecule has 8 nitrogen and oxygen atoms in total. The van der Waals surface area contributed by atoms with E-state index < -0.39 is 24.1 Å². The maximum atomic E-state index is 11.8. The van der Waals surface area contributed by atoms with Crippen LogP contribution in [0.15, 0.2) is 12.4 Å². The van der Waals surface area contributed by atoms with Gasteiger partial charge in [-0.05, 0) is 6.92 Å². The maximum absolute atomic E-state index is 11.8. The smallest absolute Gasteiger partial charge is 0.328 e. The van der Waals surface area contributed by atoms with Gasteiger partial charge in [0.2, 0.25) is 0 Å². The van der Waals surface area contributed by atoms with Gasteiger partial charge < -0.3 is 20.4 Å². The van der Waals surface area contributed by atoms with Crippen LogP contribution in [0.4, 0.5) is 4.79 Å². The Balaban J connectivity index is 2.59. The summed E-state index contributed by atoms with van der Waals surface area (Å²) in [4.78, 5) is 24.0. The number of nitrogens with one attached hydrogen (secondary N) is 1. The summed E-state index contributed by atoms with van der Waals surface area (Å²) >= 11 is 0. The van der Waals surface area contributed by atoms with Crippen molar-refractivity contribution in [1.29, 1.82) is 0 Å². The molecule has 0 saturated heterocycles. The number of rotatable bonds is 5. The highest BCUT2D eigenvalue weighted by Gasteiger charge is 2.26. The Morgan fingerprint density at radius 1 is 1.58 bits per heavy atom. The summed E-state index contributed by atoms with van der Waals surface area (Å²) in [7, 11) is 3.29. The summed E-state index contributed by atoms with van der Waals surface area (Å²) in [5.41, 5.74) is 0.823. The molecule has 0 aliphatic heterocycles. The van der Waals surface area contributed by atoms with E-state index in [0.717, 1.165) is 5.56 Å². The SMILES string of the molecule is CC(O)C(NC(=O)N(C)Cc1cnn(C)c1)C(=O)O. The molecule has 2 unspecified atom stereocenters. The first-order valence-corrected chi connectivity index (χ1v) is 5.71. The number of carbonyl (C=O) groups excluding carboxylic acids is 1. The van der Waals surface area contributed by atoms with Gasteiger partial charge in [-0.25, -0.2) is 9.59 Å². The Bertz CT molecular complexity index is 457. The van der Waals surface area contributed by atoms with E-state index in [-0.39, 0.29) is 0 Å². The molecule has 8 heteroatoms. The molecule has 1 aromatic rings. The number of aliphatic hydroxyl groups excluding tert-OH is 1. The number of hydrogen-bond donors (Lipinski definition) is 3. The average Bonchev–Trinajstić information content (AvgIpc) is 2.70. The molecule has 2 amide bonds. The number of aliphatic carboxylic acids is 1.